The highest BCUT2D eigenvalue weighted by atomic mass is 19.1. The summed E-state index contributed by atoms with van der Waals surface area (Å²) in [6.45, 7) is 3.30. The van der Waals surface area contributed by atoms with Crippen LogP contribution in [0.4, 0.5) is 10.1 Å². The quantitative estimate of drug-likeness (QED) is 0.775. The lowest BCUT2D eigenvalue weighted by Gasteiger charge is -2.38. The molecule has 1 aromatic rings. The zero-order valence-electron chi connectivity index (χ0n) is 8.52. The van der Waals surface area contributed by atoms with Crippen molar-refractivity contribution in [2.45, 2.75) is 26.2 Å². The molecule has 0 amide bonds. The molecule has 1 saturated carbocycles. The first kappa shape index (κ1) is 9.50. The van der Waals surface area contributed by atoms with Crippen LogP contribution in [0.1, 0.15) is 26.2 Å². The molecule has 2 rings (SSSR count). The first-order valence-electron chi connectivity index (χ1n) is 5.17. The lowest BCUT2D eigenvalue weighted by atomic mass is 9.70. The first-order chi connectivity index (χ1) is 6.68. The van der Waals surface area contributed by atoms with Gasteiger partial charge in [0.05, 0.1) is 0 Å². The Morgan fingerprint density at radius 1 is 1.29 bits per heavy atom. The smallest absolute Gasteiger partial charge is 0.123 e. The number of nitrogens with one attached hydrogen (secondary N) is 1. The number of halogens is 1. The highest BCUT2D eigenvalue weighted by Crippen LogP contribution is 2.40. The topological polar surface area (TPSA) is 12.0 Å². The molecule has 0 aliphatic heterocycles. The summed E-state index contributed by atoms with van der Waals surface area (Å²) in [6, 6.07) is 6.56. The van der Waals surface area contributed by atoms with E-state index in [2.05, 4.69) is 12.2 Å². The van der Waals surface area contributed by atoms with Crippen LogP contribution in [0.5, 0.6) is 0 Å². The van der Waals surface area contributed by atoms with Gasteiger partial charge in [-0.3, -0.25) is 0 Å². The largest absolute Gasteiger partial charge is 0.384 e. The summed E-state index contributed by atoms with van der Waals surface area (Å²) in [6.07, 6.45) is 3.96. The van der Waals surface area contributed by atoms with E-state index in [1.54, 1.807) is 12.1 Å². The van der Waals surface area contributed by atoms with Gasteiger partial charge in [-0.2, -0.15) is 0 Å². The molecular weight excluding hydrogens is 177 g/mol. The third kappa shape index (κ3) is 2.06. The Morgan fingerprint density at radius 3 is 2.43 bits per heavy atom. The van der Waals surface area contributed by atoms with E-state index in [-0.39, 0.29) is 5.82 Å². The maximum absolute atomic E-state index is 12.6. The second-order valence-corrected chi connectivity index (χ2v) is 4.52. The molecule has 0 unspecified atom stereocenters. The van der Waals surface area contributed by atoms with Crippen molar-refractivity contribution in [1.29, 1.82) is 0 Å². The molecule has 0 radical (unpaired) electrons. The van der Waals surface area contributed by atoms with Crippen molar-refractivity contribution in [3.63, 3.8) is 0 Å². The van der Waals surface area contributed by atoms with E-state index < -0.39 is 0 Å². The van der Waals surface area contributed by atoms with E-state index in [1.165, 1.54) is 31.4 Å². The van der Waals surface area contributed by atoms with Crippen molar-refractivity contribution >= 4 is 5.69 Å². The van der Waals surface area contributed by atoms with Gasteiger partial charge in [-0.15, -0.1) is 0 Å². The standard InChI is InChI=1S/C12H16FN/c1-12(7-2-8-12)9-14-11-5-3-10(13)4-6-11/h3-6,14H,2,7-9H2,1H3. The van der Waals surface area contributed by atoms with Crippen LogP contribution in [0, 0.1) is 11.2 Å². The van der Waals surface area contributed by atoms with Gasteiger partial charge in [0.15, 0.2) is 0 Å². The van der Waals surface area contributed by atoms with Crippen molar-refractivity contribution in [3.8, 4) is 0 Å². The Kier molecular flexibility index (Phi) is 2.44. The van der Waals surface area contributed by atoms with E-state index >= 15 is 0 Å². The Labute approximate surface area is 84.3 Å². The van der Waals surface area contributed by atoms with Crippen LogP contribution in [0.2, 0.25) is 0 Å². The molecule has 0 heterocycles. The monoisotopic (exact) mass is 193 g/mol. The Morgan fingerprint density at radius 2 is 1.93 bits per heavy atom. The van der Waals surface area contributed by atoms with Crippen molar-refractivity contribution in [2.75, 3.05) is 11.9 Å². The lowest BCUT2D eigenvalue weighted by molar-refractivity contribution is 0.180. The second kappa shape index (κ2) is 3.60. The van der Waals surface area contributed by atoms with Gasteiger partial charge in [-0.1, -0.05) is 13.3 Å². The molecule has 1 aliphatic carbocycles. The van der Waals surface area contributed by atoms with Gasteiger partial charge in [0, 0.05) is 12.2 Å². The minimum atomic E-state index is -0.176. The number of benzene rings is 1. The predicted molar refractivity (Wildman–Crippen MR) is 56.8 cm³/mol. The van der Waals surface area contributed by atoms with Gasteiger partial charge in [0.1, 0.15) is 5.82 Å². The Balaban J connectivity index is 1.88. The lowest BCUT2D eigenvalue weighted by Crippen LogP contribution is -2.33. The molecule has 76 valence electrons. The van der Waals surface area contributed by atoms with Crippen LogP contribution in [0.3, 0.4) is 0 Å². The summed E-state index contributed by atoms with van der Waals surface area (Å²) in [5.41, 5.74) is 1.48. The molecule has 0 spiro atoms. The van der Waals surface area contributed by atoms with Crippen molar-refractivity contribution in [3.05, 3.63) is 30.1 Å². The highest BCUT2D eigenvalue weighted by Gasteiger charge is 2.31. The van der Waals surface area contributed by atoms with Gasteiger partial charge in [0.25, 0.3) is 0 Å². The van der Waals surface area contributed by atoms with Crippen molar-refractivity contribution in [2.24, 2.45) is 5.41 Å². The molecule has 2 heteroatoms. The fourth-order valence-corrected chi connectivity index (χ4v) is 1.84. The van der Waals surface area contributed by atoms with Gasteiger partial charge in [-0.25, -0.2) is 4.39 Å². The molecular formula is C12H16FN. The highest BCUT2D eigenvalue weighted by molar-refractivity contribution is 5.43. The van der Waals surface area contributed by atoms with Gasteiger partial charge < -0.3 is 5.32 Å². The van der Waals surface area contributed by atoms with Crippen molar-refractivity contribution in [1.82, 2.24) is 0 Å². The fraction of sp³-hybridized carbons (Fsp3) is 0.500. The van der Waals surface area contributed by atoms with Gasteiger partial charge in [-0.05, 0) is 42.5 Å². The molecule has 1 nitrogen and oxygen atoms in total. The fourth-order valence-electron chi connectivity index (χ4n) is 1.84. The Hall–Kier alpha value is -1.05. The van der Waals surface area contributed by atoms with E-state index in [4.69, 9.17) is 0 Å². The van der Waals surface area contributed by atoms with Gasteiger partial charge >= 0.3 is 0 Å². The van der Waals surface area contributed by atoms with Crippen LogP contribution < -0.4 is 5.32 Å². The molecule has 1 aromatic carbocycles. The van der Waals surface area contributed by atoms with Crippen LogP contribution in [0.15, 0.2) is 24.3 Å². The summed E-state index contributed by atoms with van der Waals surface area (Å²) in [5, 5.41) is 3.35. The van der Waals surface area contributed by atoms with E-state index in [0.29, 0.717) is 5.41 Å². The number of hydrogen-bond acceptors (Lipinski definition) is 1. The summed E-state index contributed by atoms with van der Waals surface area (Å²) in [4.78, 5) is 0. The average Bonchev–Trinajstić information content (AvgIpc) is 2.14. The van der Waals surface area contributed by atoms with E-state index in [1.807, 2.05) is 0 Å². The van der Waals surface area contributed by atoms with Crippen LogP contribution in [-0.4, -0.2) is 6.54 Å². The minimum absolute atomic E-state index is 0.176. The summed E-state index contributed by atoms with van der Waals surface area (Å²) < 4.78 is 12.6. The maximum atomic E-state index is 12.6. The molecule has 1 N–H and O–H groups in total. The SMILES string of the molecule is CC1(CNc2ccc(F)cc2)CCC1. The van der Waals surface area contributed by atoms with Crippen molar-refractivity contribution < 1.29 is 4.39 Å². The summed E-state index contributed by atoms with van der Waals surface area (Å²) in [5.74, 6) is -0.176. The molecule has 0 saturated heterocycles. The van der Waals surface area contributed by atoms with Gasteiger partial charge in [0.2, 0.25) is 0 Å². The first-order valence-corrected chi connectivity index (χ1v) is 5.17. The zero-order valence-corrected chi connectivity index (χ0v) is 8.52. The second-order valence-electron chi connectivity index (χ2n) is 4.52. The van der Waals surface area contributed by atoms with Crippen LogP contribution in [0.25, 0.3) is 0 Å². The third-order valence-electron chi connectivity index (χ3n) is 3.12. The number of hydrogen-bond donors (Lipinski definition) is 1. The van der Waals surface area contributed by atoms with E-state index in [9.17, 15) is 4.39 Å². The molecule has 1 aliphatic rings. The molecule has 0 atom stereocenters. The third-order valence-corrected chi connectivity index (χ3v) is 3.12. The number of anilines is 1. The van der Waals surface area contributed by atoms with Crippen LogP contribution >= 0.6 is 0 Å². The maximum Gasteiger partial charge on any atom is 0.123 e. The molecule has 14 heavy (non-hydrogen) atoms. The molecule has 0 aromatic heterocycles. The summed E-state index contributed by atoms with van der Waals surface area (Å²) >= 11 is 0. The zero-order chi connectivity index (χ0) is 10.0. The summed E-state index contributed by atoms with van der Waals surface area (Å²) in [7, 11) is 0. The van der Waals surface area contributed by atoms with E-state index in [0.717, 1.165) is 12.2 Å². The number of rotatable bonds is 3. The average molecular weight is 193 g/mol. The normalized spacial score (nSPS) is 18.7. The minimum Gasteiger partial charge on any atom is -0.384 e. The molecule has 1 fully saturated rings. The predicted octanol–water partition coefficient (Wildman–Crippen LogP) is 3.43. The Bertz CT molecular complexity index is 301. The van der Waals surface area contributed by atoms with Crippen LogP contribution in [-0.2, 0) is 0 Å². The molecule has 0 bridgehead atoms.